The number of halogens is 3. The van der Waals surface area contributed by atoms with Crippen LogP contribution in [0, 0.1) is 0 Å². The first-order valence-corrected chi connectivity index (χ1v) is 7.78. The molecule has 0 fully saturated rings. The molecule has 0 spiro atoms. The summed E-state index contributed by atoms with van der Waals surface area (Å²) < 4.78 is 0. The molecule has 1 amide bonds. The molecule has 0 aliphatic heterocycles. The zero-order valence-electron chi connectivity index (χ0n) is 12.6. The van der Waals surface area contributed by atoms with Crippen molar-refractivity contribution in [3.05, 3.63) is 69.7 Å². The van der Waals surface area contributed by atoms with E-state index in [-0.39, 0.29) is 24.4 Å². The summed E-state index contributed by atoms with van der Waals surface area (Å²) in [5.74, 6) is -0.206. The molecule has 23 heavy (non-hydrogen) atoms. The second kappa shape index (κ2) is 9.14. The zero-order chi connectivity index (χ0) is 16.1. The maximum Gasteiger partial charge on any atom is 0.237 e. The van der Waals surface area contributed by atoms with Crippen molar-refractivity contribution in [3.8, 4) is 0 Å². The smallest absolute Gasteiger partial charge is 0.237 e. The number of hydrogen-bond acceptors (Lipinski definition) is 2. The minimum Gasteiger partial charge on any atom is -0.348 e. The third-order valence-corrected chi connectivity index (χ3v) is 4.04. The number of nitrogens with two attached hydrogens (primary N) is 1. The highest BCUT2D eigenvalue weighted by molar-refractivity contribution is 6.35. The van der Waals surface area contributed by atoms with Crippen molar-refractivity contribution in [2.24, 2.45) is 5.73 Å². The second-order valence-electron chi connectivity index (χ2n) is 5.19. The number of carbonyl (C=O) groups is 1. The van der Waals surface area contributed by atoms with Crippen LogP contribution in [0.2, 0.25) is 10.0 Å². The fourth-order valence-electron chi connectivity index (χ4n) is 2.16. The molecule has 2 atom stereocenters. The lowest BCUT2D eigenvalue weighted by Gasteiger charge is -2.18. The fraction of sp³-hybridized carbons (Fsp3) is 0.235. The van der Waals surface area contributed by atoms with Crippen LogP contribution < -0.4 is 11.1 Å². The van der Waals surface area contributed by atoms with Gasteiger partial charge in [0.25, 0.3) is 0 Å². The Hall–Kier alpha value is -1.26. The van der Waals surface area contributed by atoms with Crippen LogP contribution in [0.3, 0.4) is 0 Å². The van der Waals surface area contributed by atoms with Gasteiger partial charge in [0, 0.05) is 10.0 Å². The molecule has 0 aliphatic rings. The summed E-state index contributed by atoms with van der Waals surface area (Å²) in [4.78, 5) is 12.2. The van der Waals surface area contributed by atoms with E-state index in [4.69, 9.17) is 28.9 Å². The molecular formula is C17H19Cl3N2O. The van der Waals surface area contributed by atoms with Crippen LogP contribution in [0.15, 0.2) is 48.5 Å². The summed E-state index contributed by atoms with van der Waals surface area (Å²) in [6.07, 6.45) is 0.364. The lowest BCUT2D eigenvalue weighted by Crippen LogP contribution is -2.43. The first kappa shape index (κ1) is 19.8. The van der Waals surface area contributed by atoms with Gasteiger partial charge in [0.1, 0.15) is 0 Å². The predicted octanol–water partition coefficient (Wildman–Crippen LogP) is 4.16. The lowest BCUT2D eigenvalue weighted by atomic mass is 10.0. The Morgan fingerprint density at radius 2 is 1.83 bits per heavy atom. The molecule has 2 aromatic carbocycles. The second-order valence-corrected chi connectivity index (χ2v) is 6.03. The zero-order valence-corrected chi connectivity index (χ0v) is 15.0. The summed E-state index contributed by atoms with van der Waals surface area (Å²) in [5, 5.41) is 3.99. The van der Waals surface area contributed by atoms with E-state index in [0.717, 1.165) is 11.1 Å². The lowest BCUT2D eigenvalue weighted by molar-refractivity contribution is -0.123. The minimum absolute atomic E-state index is 0. The third kappa shape index (κ3) is 5.70. The van der Waals surface area contributed by atoms with Crippen molar-refractivity contribution in [1.82, 2.24) is 5.32 Å². The molecule has 0 bridgehead atoms. The van der Waals surface area contributed by atoms with Gasteiger partial charge >= 0.3 is 0 Å². The first-order chi connectivity index (χ1) is 10.5. The van der Waals surface area contributed by atoms with E-state index in [2.05, 4.69) is 5.32 Å². The van der Waals surface area contributed by atoms with Crippen molar-refractivity contribution in [1.29, 1.82) is 0 Å². The third-order valence-electron chi connectivity index (χ3n) is 3.45. The van der Waals surface area contributed by atoms with E-state index in [0.29, 0.717) is 16.5 Å². The van der Waals surface area contributed by atoms with E-state index < -0.39 is 6.04 Å². The Labute approximate surface area is 152 Å². The topological polar surface area (TPSA) is 55.1 Å². The summed E-state index contributed by atoms with van der Waals surface area (Å²) >= 11 is 12.0. The summed E-state index contributed by atoms with van der Waals surface area (Å²) in [7, 11) is 0. The Morgan fingerprint density at radius 3 is 2.43 bits per heavy atom. The maximum atomic E-state index is 12.2. The molecule has 124 valence electrons. The van der Waals surface area contributed by atoms with E-state index in [1.165, 1.54) is 0 Å². The molecule has 0 unspecified atom stereocenters. The molecular weight excluding hydrogens is 355 g/mol. The van der Waals surface area contributed by atoms with Gasteiger partial charge in [0.05, 0.1) is 12.1 Å². The largest absolute Gasteiger partial charge is 0.348 e. The van der Waals surface area contributed by atoms with Crippen molar-refractivity contribution >= 4 is 41.5 Å². The highest BCUT2D eigenvalue weighted by Gasteiger charge is 2.18. The molecule has 2 rings (SSSR count). The number of benzene rings is 2. The Kier molecular flexibility index (Phi) is 7.86. The minimum atomic E-state index is -0.662. The molecule has 0 heterocycles. The number of rotatable bonds is 5. The standard InChI is InChI=1S/C17H18Cl2N2O.ClH/c1-11(12-5-3-2-4-6-12)21-17(22)16(20)9-13-7-8-14(18)10-15(13)19;/h2-8,10-11,16H,9,20H2,1H3,(H,21,22);1H/t11-,16-;/m1./s1. The van der Waals surface area contributed by atoms with Crippen molar-refractivity contribution in [2.45, 2.75) is 25.4 Å². The highest BCUT2D eigenvalue weighted by Crippen LogP contribution is 2.22. The van der Waals surface area contributed by atoms with Crippen LogP contribution in [0.4, 0.5) is 0 Å². The SMILES string of the molecule is C[C@@H](NC(=O)[C@H](N)Cc1ccc(Cl)cc1Cl)c1ccccc1.Cl. The molecule has 0 aromatic heterocycles. The molecule has 2 aromatic rings. The first-order valence-electron chi connectivity index (χ1n) is 7.02. The van der Waals surface area contributed by atoms with Gasteiger partial charge in [-0.15, -0.1) is 12.4 Å². The average Bonchev–Trinajstić information content (AvgIpc) is 2.50. The van der Waals surface area contributed by atoms with Crippen LogP contribution in [-0.4, -0.2) is 11.9 Å². The molecule has 3 nitrogen and oxygen atoms in total. The van der Waals surface area contributed by atoms with Crippen molar-refractivity contribution in [3.63, 3.8) is 0 Å². The van der Waals surface area contributed by atoms with Gasteiger partial charge in [-0.2, -0.15) is 0 Å². The molecule has 0 saturated carbocycles. The van der Waals surface area contributed by atoms with Gasteiger partial charge in [-0.25, -0.2) is 0 Å². The van der Waals surface area contributed by atoms with Crippen LogP contribution in [0.25, 0.3) is 0 Å². The van der Waals surface area contributed by atoms with Gasteiger partial charge in [-0.3, -0.25) is 4.79 Å². The molecule has 6 heteroatoms. The monoisotopic (exact) mass is 372 g/mol. The predicted molar refractivity (Wildman–Crippen MR) is 98.4 cm³/mol. The van der Waals surface area contributed by atoms with Gasteiger partial charge < -0.3 is 11.1 Å². The number of nitrogens with one attached hydrogen (secondary N) is 1. The van der Waals surface area contributed by atoms with Crippen LogP contribution >= 0.6 is 35.6 Å². The molecule has 0 aliphatic carbocycles. The molecule has 0 saturated heterocycles. The van der Waals surface area contributed by atoms with Gasteiger partial charge in [-0.1, -0.05) is 59.6 Å². The normalized spacial score (nSPS) is 12.9. The summed E-state index contributed by atoms with van der Waals surface area (Å²) in [5.41, 5.74) is 7.82. The summed E-state index contributed by atoms with van der Waals surface area (Å²) in [6.45, 7) is 1.93. The van der Waals surface area contributed by atoms with Crippen molar-refractivity contribution < 1.29 is 4.79 Å². The summed E-state index contributed by atoms with van der Waals surface area (Å²) in [6, 6.07) is 14.2. The Bertz CT molecular complexity index is 650. The van der Waals surface area contributed by atoms with Crippen molar-refractivity contribution in [2.75, 3.05) is 0 Å². The van der Waals surface area contributed by atoms with Crippen LogP contribution in [0.5, 0.6) is 0 Å². The molecule has 0 radical (unpaired) electrons. The Morgan fingerprint density at radius 1 is 1.17 bits per heavy atom. The van der Waals surface area contributed by atoms with E-state index in [1.807, 2.05) is 37.3 Å². The number of carbonyl (C=O) groups excluding carboxylic acids is 1. The van der Waals surface area contributed by atoms with Crippen LogP contribution in [0.1, 0.15) is 24.1 Å². The average molecular weight is 374 g/mol. The highest BCUT2D eigenvalue weighted by atomic mass is 35.5. The van der Waals surface area contributed by atoms with E-state index in [9.17, 15) is 4.79 Å². The molecule has 3 N–H and O–H groups in total. The fourth-order valence-corrected chi connectivity index (χ4v) is 2.65. The number of amides is 1. The van der Waals surface area contributed by atoms with Crippen LogP contribution in [-0.2, 0) is 11.2 Å². The quantitative estimate of drug-likeness (QED) is 0.826. The Balaban J connectivity index is 0.00000264. The van der Waals surface area contributed by atoms with Gasteiger partial charge in [-0.05, 0) is 36.6 Å². The van der Waals surface area contributed by atoms with Gasteiger partial charge in [0.15, 0.2) is 0 Å². The maximum absolute atomic E-state index is 12.2. The van der Waals surface area contributed by atoms with Gasteiger partial charge in [0.2, 0.25) is 5.91 Å². The van der Waals surface area contributed by atoms with E-state index >= 15 is 0 Å². The number of hydrogen-bond donors (Lipinski definition) is 2. The van der Waals surface area contributed by atoms with E-state index in [1.54, 1.807) is 18.2 Å².